The van der Waals surface area contributed by atoms with Crippen LogP contribution in [0.4, 0.5) is 0 Å². The molecular formula is C9H6NO. The van der Waals surface area contributed by atoms with Gasteiger partial charge in [-0.15, -0.1) is 0 Å². The third-order valence-corrected chi connectivity index (χ3v) is 1.39. The molecule has 0 N–H and O–H groups in total. The third-order valence-electron chi connectivity index (χ3n) is 1.39. The Hall–Kier alpha value is -1.57. The van der Waals surface area contributed by atoms with Gasteiger partial charge in [-0.2, -0.15) is 0 Å². The number of aromatic nitrogens is 1. The van der Waals surface area contributed by atoms with Gasteiger partial charge in [0.05, 0.1) is 6.26 Å². The van der Waals surface area contributed by atoms with Gasteiger partial charge in [-0.1, -0.05) is 6.07 Å². The van der Waals surface area contributed by atoms with Crippen molar-refractivity contribution in [1.29, 1.82) is 0 Å². The zero-order valence-electron chi connectivity index (χ0n) is 5.82. The third kappa shape index (κ3) is 1.15. The van der Waals surface area contributed by atoms with Crippen molar-refractivity contribution < 1.29 is 4.42 Å². The molecule has 2 rings (SSSR count). The van der Waals surface area contributed by atoms with Crippen molar-refractivity contribution in [3.8, 4) is 11.5 Å². The number of rotatable bonds is 1. The van der Waals surface area contributed by atoms with Crippen molar-refractivity contribution in [1.82, 2.24) is 4.98 Å². The predicted octanol–water partition coefficient (Wildman–Crippen LogP) is 2.14. The minimum absolute atomic E-state index is 0.755. The van der Waals surface area contributed by atoms with Crippen LogP contribution in [-0.2, 0) is 0 Å². The lowest BCUT2D eigenvalue weighted by Gasteiger charge is -1.91. The van der Waals surface area contributed by atoms with Crippen molar-refractivity contribution in [3.63, 3.8) is 0 Å². The van der Waals surface area contributed by atoms with Gasteiger partial charge in [0, 0.05) is 12.3 Å². The van der Waals surface area contributed by atoms with Crippen molar-refractivity contribution in [3.05, 3.63) is 42.8 Å². The van der Waals surface area contributed by atoms with Crippen LogP contribution in [0.25, 0.3) is 11.5 Å². The second kappa shape index (κ2) is 2.58. The van der Waals surface area contributed by atoms with Gasteiger partial charge in [0.1, 0.15) is 5.69 Å². The van der Waals surface area contributed by atoms with Crippen LogP contribution in [0.3, 0.4) is 0 Å². The first-order valence-corrected chi connectivity index (χ1v) is 3.33. The van der Waals surface area contributed by atoms with Gasteiger partial charge in [0.2, 0.25) is 0 Å². The van der Waals surface area contributed by atoms with E-state index in [0.29, 0.717) is 0 Å². The van der Waals surface area contributed by atoms with Crippen LogP contribution in [0, 0.1) is 6.07 Å². The number of hydrogen-bond donors (Lipinski definition) is 0. The van der Waals surface area contributed by atoms with E-state index < -0.39 is 0 Å². The fraction of sp³-hybridized carbons (Fsp3) is 0. The summed E-state index contributed by atoms with van der Waals surface area (Å²) in [6.45, 7) is 0. The molecule has 0 atom stereocenters. The maximum absolute atomic E-state index is 5.10. The summed E-state index contributed by atoms with van der Waals surface area (Å²) in [5.74, 6) is 0.755. The SMILES string of the molecule is [c]1coc(-c2ccccn2)c1. The number of nitrogens with zero attached hydrogens (tertiary/aromatic N) is 1. The molecule has 0 bridgehead atoms. The van der Waals surface area contributed by atoms with Crippen LogP contribution < -0.4 is 0 Å². The zero-order valence-corrected chi connectivity index (χ0v) is 5.82. The largest absolute Gasteiger partial charge is 0.462 e. The molecule has 0 saturated carbocycles. The molecule has 0 aromatic carbocycles. The summed E-state index contributed by atoms with van der Waals surface area (Å²) in [6, 6.07) is 10.3. The van der Waals surface area contributed by atoms with Crippen LogP contribution in [0.2, 0.25) is 0 Å². The summed E-state index contributed by atoms with van der Waals surface area (Å²) in [5, 5.41) is 0. The average molecular weight is 144 g/mol. The molecule has 0 spiro atoms. The van der Waals surface area contributed by atoms with Crippen molar-refractivity contribution in [2.45, 2.75) is 0 Å². The van der Waals surface area contributed by atoms with Crippen molar-refractivity contribution in [2.24, 2.45) is 0 Å². The van der Waals surface area contributed by atoms with Gasteiger partial charge in [-0.3, -0.25) is 4.98 Å². The van der Waals surface area contributed by atoms with Gasteiger partial charge in [0.25, 0.3) is 0 Å². The molecule has 0 aliphatic rings. The Morgan fingerprint density at radius 1 is 1.36 bits per heavy atom. The molecule has 53 valence electrons. The van der Waals surface area contributed by atoms with Gasteiger partial charge in [-0.25, -0.2) is 0 Å². The molecule has 0 unspecified atom stereocenters. The molecule has 2 heteroatoms. The minimum Gasteiger partial charge on any atom is -0.462 e. The highest BCUT2D eigenvalue weighted by Crippen LogP contribution is 2.14. The summed E-state index contributed by atoms with van der Waals surface area (Å²) < 4.78 is 5.10. The quantitative estimate of drug-likeness (QED) is 0.612. The van der Waals surface area contributed by atoms with Gasteiger partial charge >= 0.3 is 0 Å². The van der Waals surface area contributed by atoms with E-state index in [1.165, 1.54) is 6.26 Å². The molecule has 0 amide bonds. The molecule has 0 fully saturated rings. The Morgan fingerprint density at radius 2 is 2.36 bits per heavy atom. The summed E-state index contributed by atoms with van der Waals surface area (Å²) in [4.78, 5) is 4.11. The topological polar surface area (TPSA) is 26.0 Å². The standard InChI is InChI=1S/C9H6NO/c1-2-6-10-8(4-1)9-5-3-7-11-9/h1-2,4-7H. The lowest BCUT2D eigenvalue weighted by atomic mass is 10.3. The Labute approximate surface area is 64.5 Å². The lowest BCUT2D eigenvalue weighted by molar-refractivity contribution is 0.579. The van der Waals surface area contributed by atoms with Crippen molar-refractivity contribution >= 4 is 0 Å². The molecule has 2 heterocycles. The van der Waals surface area contributed by atoms with Crippen LogP contribution >= 0.6 is 0 Å². The molecule has 11 heavy (non-hydrogen) atoms. The van der Waals surface area contributed by atoms with Gasteiger partial charge < -0.3 is 4.42 Å². The smallest absolute Gasteiger partial charge is 0.152 e. The predicted molar refractivity (Wildman–Crippen MR) is 40.8 cm³/mol. The highest BCUT2D eigenvalue weighted by Gasteiger charge is 1.98. The average Bonchev–Trinajstić information content (AvgIpc) is 2.58. The van der Waals surface area contributed by atoms with E-state index >= 15 is 0 Å². The Balaban J connectivity index is 2.46. The number of furan rings is 1. The second-order valence-electron chi connectivity index (χ2n) is 2.13. The normalized spacial score (nSPS) is 9.82. The van der Waals surface area contributed by atoms with E-state index in [4.69, 9.17) is 4.42 Å². The van der Waals surface area contributed by atoms with Crippen LogP contribution in [0.15, 0.2) is 41.1 Å². The van der Waals surface area contributed by atoms with Gasteiger partial charge in [-0.05, 0) is 18.2 Å². The molecule has 2 aromatic heterocycles. The first kappa shape index (κ1) is 6.16. The first-order chi connectivity index (χ1) is 5.47. The van der Waals surface area contributed by atoms with Crippen LogP contribution in [0.1, 0.15) is 0 Å². The van der Waals surface area contributed by atoms with E-state index in [9.17, 15) is 0 Å². The van der Waals surface area contributed by atoms with Crippen LogP contribution in [-0.4, -0.2) is 4.98 Å². The maximum atomic E-state index is 5.10. The molecule has 2 aromatic rings. The van der Waals surface area contributed by atoms with E-state index in [1.54, 1.807) is 12.3 Å². The van der Waals surface area contributed by atoms with E-state index in [2.05, 4.69) is 11.1 Å². The second-order valence-corrected chi connectivity index (χ2v) is 2.13. The molecule has 2 nitrogen and oxygen atoms in total. The number of pyridine rings is 1. The fourth-order valence-electron chi connectivity index (χ4n) is 0.884. The van der Waals surface area contributed by atoms with Gasteiger partial charge in [0.15, 0.2) is 5.76 Å². The lowest BCUT2D eigenvalue weighted by Crippen LogP contribution is -1.76. The highest BCUT2D eigenvalue weighted by molar-refractivity contribution is 5.50. The molecule has 0 aliphatic heterocycles. The first-order valence-electron chi connectivity index (χ1n) is 3.33. The summed E-state index contributed by atoms with van der Waals surface area (Å²) >= 11 is 0. The summed E-state index contributed by atoms with van der Waals surface area (Å²) in [6.07, 6.45) is 3.25. The van der Waals surface area contributed by atoms with E-state index in [0.717, 1.165) is 11.5 Å². The molecule has 1 radical (unpaired) electrons. The summed E-state index contributed by atoms with van der Waals surface area (Å²) in [7, 11) is 0. The number of hydrogen-bond acceptors (Lipinski definition) is 2. The Morgan fingerprint density at radius 3 is 3.00 bits per heavy atom. The highest BCUT2D eigenvalue weighted by atomic mass is 16.3. The van der Waals surface area contributed by atoms with Crippen LogP contribution in [0.5, 0.6) is 0 Å². The van der Waals surface area contributed by atoms with E-state index in [-0.39, 0.29) is 0 Å². The Bertz CT molecular complexity index is 313. The van der Waals surface area contributed by atoms with E-state index in [1.807, 2.05) is 18.2 Å². The fourth-order valence-corrected chi connectivity index (χ4v) is 0.884. The molecular weight excluding hydrogens is 138 g/mol. The monoisotopic (exact) mass is 144 g/mol. The Kier molecular flexibility index (Phi) is 1.44. The maximum Gasteiger partial charge on any atom is 0.152 e. The summed E-state index contributed by atoms with van der Waals surface area (Å²) in [5.41, 5.74) is 0.841. The zero-order chi connectivity index (χ0) is 7.52. The minimum atomic E-state index is 0.755. The molecule has 0 aliphatic carbocycles. The van der Waals surface area contributed by atoms with Crippen molar-refractivity contribution in [2.75, 3.05) is 0 Å². The molecule has 0 saturated heterocycles.